The van der Waals surface area contributed by atoms with Crippen LogP contribution in [0.4, 0.5) is 11.6 Å². The molecule has 0 saturated heterocycles. The standard InChI is InChI=1S/C23H27N7O2/c1-14-11-20(24)29-15(2)18(14)13-28-22(31)19-7-6-17-12-27-21(23(32)30(17)19)26-10-8-16-5-3-4-9-25-16/h3-5,9,11-12,19H,6-8,10,13H2,1-2H3,(H2,24,29)(H,26,27)(H,28,31)/t19-/m0/s1. The van der Waals surface area contributed by atoms with E-state index in [0.29, 0.717) is 38.2 Å². The molecule has 3 aromatic rings. The Hall–Kier alpha value is -3.75. The summed E-state index contributed by atoms with van der Waals surface area (Å²) in [5.74, 6) is 0.521. The summed E-state index contributed by atoms with van der Waals surface area (Å²) in [7, 11) is 0. The van der Waals surface area contributed by atoms with E-state index in [9.17, 15) is 9.59 Å². The predicted octanol–water partition coefficient (Wildman–Crippen LogP) is 1.69. The number of aryl methyl sites for hydroxylation is 3. The maximum atomic E-state index is 13.1. The van der Waals surface area contributed by atoms with Crippen LogP contribution in [0.3, 0.4) is 0 Å². The first kappa shape index (κ1) is 21.5. The lowest BCUT2D eigenvalue weighted by molar-refractivity contribution is -0.124. The summed E-state index contributed by atoms with van der Waals surface area (Å²) < 4.78 is 1.56. The maximum Gasteiger partial charge on any atom is 0.294 e. The van der Waals surface area contributed by atoms with Gasteiger partial charge in [0.25, 0.3) is 5.56 Å². The van der Waals surface area contributed by atoms with Crippen LogP contribution in [-0.4, -0.2) is 32.0 Å². The number of carbonyl (C=O) groups is 1. The second-order valence-corrected chi connectivity index (χ2v) is 7.97. The summed E-state index contributed by atoms with van der Waals surface area (Å²) in [6, 6.07) is 6.96. The molecule has 0 fully saturated rings. The van der Waals surface area contributed by atoms with Gasteiger partial charge >= 0.3 is 0 Å². The predicted molar refractivity (Wildman–Crippen MR) is 122 cm³/mol. The molecule has 1 amide bonds. The molecule has 4 rings (SSSR count). The zero-order chi connectivity index (χ0) is 22.7. The molecule has 0 bridgehead atoms. The van der Waals surface area contributed by atoms with Gasteiger partial charge < -0.3 is 16.4 Å². The Morgan fingerprint density at radius 3 is 2.88 bits per heavy atom. The molecule has 9 heteroatoms. The van der Waals surface area contributed by atoms with Crippen LogP contribution in [0.2, 0.25) is 0 Å². The number of amides is 1. The van der Waals surface area contributed by atoms with Crippen molar-refractivity contribution in [3.63, 3.8) is 0 Å². The average molecular weight is 434 g/mol. The average Bonchev–Trinajstić information content (AvgIpc) is 3.20. The number of fused-ring (bicyclic) bond motifs is 1. The topological polar surface area (TPSA) is 128 Å². The summed E-state index contributed by atoms with van der Waals surface area (Å²) in [5, 5.41) is 6.06. The van der Waals surface area contributed by atoms with Crippen LogP contribution in [0.15, 0.2) is 41.5 Å². The molecule has 0 unspecified atom stereocenters. The van der Waals surface area contributed by atoms with Crippen molar-refractivity contribution >= 4 is 17.5 Å². The largest absolute Gasteiger partial charge is 0.384 e. The van der Waals surface area contributed by atoms with E-state index in [2.05, 4.69) is 25.6 Å². The summed E-state index contributed by atoms with van der Waals surface area (Å²) in [6.45, 7) is 4.67. The number of hydrogen-bond acceptors (Lipinski definition) is 7. The number of nitrogens with one attached hydrogen (secondary N) is 2. The van der Waals surface area contributed by atoms with Crippen molar-refractivity contribution in [1.29, 1.82) is 0 Å². The zero-order valence-corrected chi connectivity index (χ0v) is 18.3. The number of aromatic nitrogens is 4. The first-order valence-electron chi connectivity index (χ1n) is 10.7. The third kappa shape index (κ3) is 4.46. The second kappa shape index (κ2) is 9.17. The van der Waals surface area contributed by atoms with Gasteiger partial charge in [-0.2, -0.15) is 0 Å². The summed E-state index contributed by atoms with van der Waals surface area (Å²) in [5.41, 5.74) is 9.91. The highest BCUT2D eigenvalue weighted by Crippen LogP contribution is 2.24. The van der Waals surface area contributed by atoms with E-state index in [-0.39, 0.29) is 17.3 Å². The van der Waals surface area contributed by atoms with Crippen LogP contribution < -0.4 is 21.9 Å². The highest BCUT2D eigenvalue weighted by atomic mass is 16.2. The molecule has 0 aromatic carbocycles. The second-order valence-electron chi connectivity index (χ2n) is 7.97. The fraction of sp³-hybridized carbons (Fsp3) is 0.348. The lowest BCUT2D eigenvalue weighted by Crippen LogP contribution is -2.36. The third-order valence-electron chi connectivity index (χ3n) is 5.77. The van der Waals surface area contributed by atoms with Crippen molar-refractivity contribution in [1.82, 2.24) is 24.8 Å². The lowest BCUT2D eigenvalue weighted by Gasteiger charge is -2.17. The number of nitrogens with two attached hydrogens (primary N) is 1. The van der Waals surface area contributed by atoms with Gasteiger partial charge in [-0.25, -0.2) is 9.97 Å². The number of rotatable bonds is 7. The molecule has 0 saturated carbocycles. The third-order valence-corrected chi connectivity index (χ3v) is 5.77. The van der Waals surface area contributed by atoms with E-state index >= 15 is 0 Å². The Bertz CT molecular complexity index is 1170. The van der Waals surface area contributed by atoms with Gasteiger partial charge in [0.1, 0.15) is 11.9 Å². The highest BCUT2D eigenvalue weighted by molar-refractivity contribution is 5.81. The Kier molecular flexibility index (Phi) is 6.16. The molecule has 9 nitrogen and oxygen atoms in total. The number of pyridine rings is 2. The number of nitrogens with zero attached hydrogens (tertiary/aromatic N) is 4. The Labute approximate surface area is 186 Å². The minimum Gasteiger partial charge on any atom is -0.384 e. The van der Waals surface area contributed by atoms with Crippen molar-refractivity contribution in [2.24, 2.45) is 0 Å². The van der Waals surface area contributed by atoms with Gasteiger partial charge in [-0.1, -0.05) is 6.07 Å². The molecule has 3 aromatic heterocycles. The monoisotopic (exact) mass is 433 g/mol. The number of nitrogen functional groups attached to an aromatic ring is 1. The van der Waals surface area contributed by atoms with E-state index in [1.54, 1.807) is 23.0 Å². The summed E-state index contributed by atoms with van der Waals surface area (Å²) in [6.07, 6.45) is 5.29. The number of carbonyl (C=O) groups excluding carboxylic acids is 1. The van der Waals surface area contributed by atoms with Crippen LogP contribution in [0.5, 0.6) is 0 Å². The van der Waals surface area contributed by atoms with E-state index in [4.69, 9.17) is 5.73 Å². The van der Waals surface area contributed by atoms with Gasteiger partial charge in [-0.3, -0.25) is 19.1 Å². The molecule has 4 N–H and O–H groups in total. The summed E-state index contributed by atoms with van der Waals surface area (Å²) in [4.78, 5) is 38.9. The minimum absolute atomic E-state index is 0.188. The SMILES string of the molecule is Cc1cc(N)nc(C)c1CNC(=O)[C@@H]1CCc2cnc(NCCc3ccccn3)c(=O)n21. The van der Waals surface area contributed by atoms with Crippen molar-refractivity contribution in [3.05, 3.63) is 75.2 Å². The van der Waals surface area contributed by atoms with Gasteiger partial charge in [0.15, 0.2) is 5.82 Å². The van der Waals surface area contributed by atoms with E-state index < -0.39 is 6.04 Å². The Morgan fingerprint density at radius 1 is 1.28 bits per heavy atom. The van der Waals surface area contributed by atoms with Crippen LogP contribution >= 0.6 is 0 Å². The van der Waals surface area contributed by atoms with Gasteiger partial charge in [-0.15, -0.1) is 0 Å². The molecule has 1 aliphatic heterocycles. The van der Waals surface area contributed by atoms with Gasteiger partial charge in [-0.05, 0) is 56.0 Å². The molecular formula is C23H27N7O2. The molecule has 0 aliphatic carbocycles. The van der Waals surface area contributed by atoms with Crippen molar-refractivity contribution in [2.75, 3.05) is 17.6 Å². The van der Waals surface area contributed by atoms with Crippen LogP contribution in [-0.2, 0) is 24.2 Å². The van der Waals surface area contributed by atoms with Crippen molar-refractivity contribution in [3.8, 4) is 0 Å². The zero-order valence-electron chi connectivity index (χ0n) is 18.3. The molecule has 1 aliphatic rings. The molecule has 166 valence electrons. The van der Waals surface area contributed by atoms with E-state index in [1.807, 2.05) is 32.0 Å². The molecular weight excluding hydrogens is 406 g/mol. The van der Waals surface area contributed by atoms with Crippen molar-refractivity contribution < 1.29 is 4.79 Å². The van der Waals surface area contributed by atoms with Crippen LogP contribution in [0.1, 0.15) is 40.7 Å². The lowest BCUT2D eigenvalue weighted by atomic mass is 10.1. The normalized spacial score (nSPS) is 14.8. The fourth-order valence-electron chi connectivity index (χ4n) is 4.11. The number of anilines is 2. The van der Waals surface area contributed by atoms with E-state index in [0.717, 1.165) is 28.2 Å². The Morgan fingerprint density at radius 2 is 2.12 bits per heavy atom. The molecule has 32 heavy (non-hydrogen) atoms. The minimum atomic E-state index is -0.556. The molecule has 0 radical (unpaired) electrons. The first-order valence-corrected chi connectivity index (χ1v) is 10.7. The van der Waals surface area contributed by atoms with Gasteiger partial charge in [0.05, 0.1) is 0 Å². The maximum absolute atomic E-state index is 13.1. The van der Waals surface area contributed by atoms with Gasteiger partial charge in [0, 0.05) is 49.0 Å². The fourth-order valence-corrected chi connectivity index (χ4v) is 4.11. The molecule has 4 heterocycles. The van der Waals surface area contributed by atoms with Crippen molar-refractivity contribution in [2.45, 2.75) is 45.7 Å². The first-order chi connectivity index (χ1) is 15.4. The smallest absolute Gasteiger partial charge is 0.294 e. The van der Waals surface area contributed by atoms with Gasteiger partial charge in [0.2, 0.25) is 5.91 Å². The Balaban J connectivity index is 1.45. The molecule has 0 spiro atoms. The summed E-state index contributed by atoms with van der Waals surface area (Å²) >= 11 is 0. The molecule has 1 atom stereocenters. The van der Waals surface area contributed by atoms with Crippen LogP contribution in [0.25, 0.3) is 0 Å². The van der Waals surface area contributed by atoms with Crippen LogP contribution in [0, 0.1) is 13.8 Å². The highest BCUT2D eigenvalue weighted by Gasteiger charge is 2.30. The number of hydrogen-bond donors (Lipinski definition) is 3. The van der Waals surface area contributed by atoms with E-state index in [1.165, 1.54) is 0 Å². The quantitative estimate of drug-likeness (QED) is 0.517.